The van der Waals surface area contributed by atoms with Crippen molar-refractivity contribution < 1.29 is 19.3 Å². The van der Waals surface area contributed by atoms with Crippen LogP contribution < -0.4 is 9.47 Å². The van der Waals surface area contributed by atoms with Crippen LogP contribution in [0.1, 0.15) is 70.1 Å². The summed E-state index contributed by atoms with van der Waals surface area (Å²) < 4.78 is 20.2. The Morgan fingerprint density at radius 3 is 2.56 bits per heavy atom. The number of fused-ring (bicyclic) bond motifs is 2. The lowest BCUT2D eigenvalue weighted by Crippen LogP contribution is -2.83. The maximum absolute atomic E-state index is 12.3. The van der Waals surface area contributed by atoms with Crippen LogP contribution >= 0.6 is 0 Å². The SMILES string of the molecule is CO[C@]12CC[C@@]3(C[C@@H]1C(C)(O)C(C)(C)C)C1Cc4ccc(OCc5ccccc5)c5c4C3(CCN1C#N)[C@H]2O5. The summed E-state index contributed by atoms with van der Waals surface area (Å²) in [6, 6.07) is 14.6. The van der Waals surface area contributed by atoms with Crippen molar-refractivity contribution in [1.82, 2.24) is 4.90 Å². The summed E-state index contributed by atoms with van der Waals surface area (Å²) in [5.41, 5.74) is 1.25. The molecule has 6 nitrogen and oxygen atoms in total. The van der Waals surface area contributed by atoms with E-state index < -0.39 is 11.2 Å². The Labute approximate surface area is 231 Å². The maximum Gasteiger partial charge on any atom is 0.179 e. The van der Waals surface area contributed by atoms with E-state index >= 15 is 0 Å². The quantitative estimate of drug-likeness (QED) is 0.527. The number of rotatable bonds is 5. The van der Waals surface area contributed by atoms with Crippen LogP contribution in [0.4, 0.5) is 0 Å². The average Bonchev–Trinajstić information content (AvgIpc) is 3.29. The minimum absolute atomic E-state index is 0.0883. The molecular formula is C33H40N2O4. The summed E-state index contributed by atoms with van der Waals surface area (Å²) in [4.78, 5) is 2.04. The molecule has 2 aromatic rings. The third-order valence-electron chi connectivity index (χ3n) is 11.9. The molecule has 8 rings (SSSR count). The molecule has 0 radical (unpaired) electrons. The summed E-state index contributed by atoms with van der Waals surface area (Å²) >= 11 is 0. The van der Waals surface area contributed by atoms with Gasteiger partial charge in [-0.05, 0) is 61.6 Å². The van der Waals surface area contributed by atoms with Gasteiger partial charge in [-0.2, -0.15) is 5.26 Å². The van der Waals surface area contributed by atoms with Crippen LogP contribution in [0.25, 0.3) is 0 Å². The first kappa shape index (κ1) is 25.2. The molecule has 4 fully saturated rings. The topological polar surface area (TPSA) is 75.0 Å². The predicted octanol–water partition coefficient (Wildman–Crippen LogP) is 5.36. The average molecular weight is 529 g/mol. The molecule has 39 heavy (non-hydrogen) atoms. The Bertz CT molecular complexity index is 1360. The molecule has 2 aliphatic heterocycles. The lowest BCUT2D eigenvalue weighted by Gasteiger charge is -2.75. The van der Waals surface area contributed by atoms with Crippen LogP contribution in [0.2, 0.25) is 0 Å². The number of nitriles is 1. The van der Waals surface area contributed by atoms with Gasteiger partial charge in [0.1, 0.15) is 18.3 Å². The zero-order valence-corrected chi connectivity index (χ0v) is 23.8. The predicted molar refractivity (Wildman–Crippen MR) is 147 cm³/mol. The van der Waals surface area contributed by atoms with Crippen LogP contribution in [-0.2, 0) is 23.2 Å². The second-order valence-corrected chi connectivity index (χ2v) is 13.9. The number of piperidine rings is 1. The third kappa shape index (κ3) is 2.88. The first-order valence-electron chi connectivity index (χ1n) is 14.5. The minimum Gasteiger partial charge on any atom is -0.485 e. The molecule has 6 aliphatic rings. The summed E-state index contributed by atoms with van der Waals surface area (Å²) in [6.07, 6.45) is 6.58. The Morgan fingerprint density at radius 2 is 1.87 bits per heavy atom. The van der Waals surface area contributed by atoms with Crippen molar-refractivity contribution in [3.05, 3.63) is 59.2 Å². The highest BCUT2D eigenvalue weighted by atomic mass is 16.6. The molecule has 1 N–H and O–H groups in total. The Kier molecular flexibility index (Phi) is 5.13. The maximum atomic E-state index is 12.3. The standard InChI is InChI=1S/C33H40N2O4/c1-29(2,3)30(4,36)24-18-31-13-14-33(24,37-5)28-32(31)15-16-35(20-34)25(31)17-22-11-12-23(27(39-28)26(22)32)38-19-21-9-7-6-8-10-21/h6-12,24-25,28,36H,13-19H2,1-5H3/t24-,25?,28-,30?,31-,32?,33-/m1/s1. The van der Waals surface area contributed by atoms with Gasteiger partial charge >= 0.3 is 0 Å². The molecule has 6 heteroatoms. The Morgan fingerprint density at radius 1 is 1.10 bits per heavy atom. The zero-order valence-electron chi connectivity index (χ0n) is 23.8. The Hall–Kier alpha value is -2.75. The molecule has 2 heterocycles. The summed E-state index contributed by atoms with van der Waals surface area (Å²) in [6.45, 7) is 9.54. The zero-order chi connectivity index (χ0) is 27.4. The fourth-order valence-corrected chi connectivity index (χ4v) is 9.59. The second kappa shape index (κ2) is 7.92. The molecule has 7 atom stereocenters. The van der Waals surface area contributed by atoms with Gasteiger partial charge in [0.25, 0.3) is 0 Å². The molecule has 4 aliphatic carbocycles. The van der Waals surface area contributed by atoms with Gasteiger partial charge in [0.2, 0.25) is 0 Å². The van der Waals surface area contributed by atoms with E-state index in [4.69, 9.17) is 14.2 Å². The molecule has 3 unspecified atom stereocenters. The smallest absolute Gasteiger partial charge is 0.179 e. The first-order valence-corrected chi connectivity index (χ1v) is 14.5. The second-order valence-electron chi connectivity index (χ2n) is 13.9. The number of likely N-dealkylation sites (tertiary alicyclic amines) is 1. The van der Waals surface area contributed by atoms with Crippen LogP contribution in [0.15, 0.2) is 42.5 Å². The number of benzene rings is 2. The van der Waals surface area contributed by atoms with Crippen molar-refractivity contribution in [3.8, 4) is 17.7 Å². The molecule has 2 aromatic carbocycles. The summed E-state index contributed by atoms with van der Waals surface area (Å²) in [5.74, 6) is 1.51. The highest BCUT2D eigenvalue weighted by Crippen LogP contribution is 2.78. The van der Waals surface area contributed by atoms with E-state index in [0.29, 0.717) is 6.61 Å². The van der Waals surface area contributed by atoms with E-state index in [1.165, 1.54) is 11.1 Å². The van der Waals surface area contributed by atoms with Crippen LogP contribution in [0.3, 0.4) is 0 Å². The third-order valence-corrected chi connectivity index (χ3v) is 11.9. The number of hydrogen-bond donors (Lipinski definition) is 1. The van der Waals surface area contributed by atoms with Gasteiger partial charge in [0, 0.05) is 42.0 Å². The normalized spacial score (nSPS) is 36.9. The monoisotopic (exact) mass is 528 g/mol. The summed E-state index contributed by atoms with van der Waals surface area (Å²) in [7, 11) is 1.81. The number of aliphatic hydroxyl groups is 1. The van der Waals surface area contributed by atoms with Crippen molar-refractivity contribution in [2.75, 3.05) is 13.7 Å². The Balaban J connectivity index is 1.42. The number of ether oxygens (including phenoxy) is 3. The molecule has 1 saturated heterocycles. The van der Waals surface area contributed by atoms with E-state index in [1.807, 2.05) is 37.1 Å². The van der Waals surface area contributed by atoms with Gasteiger partial charge in [-0.3, -0.25) is 0 Å². The largest absolute Gasteiger partial charge is 0.485 e. The molecule has 0 amide bonds. The minimum atomic E-state index is -0.991. The van der Waals surface area contributed by atoms with Gasteiger partial charge in [-0.15, -0.1) is 0 Å². The van der Waals surface area contributed by atoms with E-state index in [2.05, 4.69) is 51.2 Å². The highest BCUT2D eigenvalue weighted by molar-refractivity contribution is 5.64. The first-order chi connectivity index (χ1) is 18.6. The molecule has 0 aromatic heterocycles. The molecule has 4 bridgehead atoms. The lowest BCUT2D eigenvalue weighted by molar-refractivity contribution is -0.309. The fourth-order valence-electron chi connectivity index (χ4n) is 9.59. The van der Waals surface area contributed by atoms with Crippen LogP contribution in [0, 0.1) is 28.2 Å². The van der Waals surface area contributed by atoms with Crippen LogP contribution in [0.5, 0.6) is 11.5 Å². The van der Waals surface area contributed by atoms with Gasteiger partial charge in [-0.1, -0.05) is 57.2 Å². The van der Waals surface area contributed by atoms with Crippen molar-refractivity contribution >= 4 is 0 Å². The number of methoxy groups -OCH3 is 1. The number of hydrogen-bond acceptors (Lipinski definition) is 6. The van der Waals surface area contributed by atoms with Gasteiger partial charge in [0.05, 0.1) is 5.60 Å². The van der Waals surface area contributed by atoms with E-state index in [9.17, 15) is 10.4 Å². The summed E-state index contributed by atoms with van der Waals surface area (Å²) in [5, 5.41) is 22.5. The number of nitrogens with zero attached hydrogens (tertiary/aromatic N) is 2. The van der Waals surface area contributed by atoms with E-state index in [-0.39, 0.29) is 34.3 Å². The van der Waals surface area contributed by atoms with Gasteiger partial charge in [-0.25, -0.2) is 0 Å². The van der Waals surface area contributed by atoms with Crippen LogP contribution in [-0.4, -0.2) is 47.0 Å². The fraction of sp³-hybridized carbons (Fsp3) is 0.606. The van der Waals surface area contributed by atoms with Crippen molar-refractivity contribution in [2.45, 2.75) is 95.2 Å². The lowest BCUT2D eigenvalue weighted by atomic mass is 9.33. The van der Waals surface area contributed by atoms with E-state index in [1.54, 1.807) is 0 Å². The highest BCUT2D eigenvalue weighted by Gasteiger charge is 2.82. The van der Waals surface area contributed by atoms with Gasteiger partial charge < -0.3 is 24.2 Å². The molecular weight excluding hydrogens is 488 g/mol. The molecule has 206 valence electrons. The van der Waals surface area contributed by atoms with Crippen molar-refractivity contribution in [2.24, 2.45) is 16.7 Å². The van der Waals surface area contributed by atoms with Crippen molar-refractivity contribution in [3.63, 3.8) is 0 Å². The van der Waals surface area contributed by atoms with Gasteiger partial charge in [0.15, 0.2) is 17.7 Å². The molecule has 2 spiro atoms. The van der Waals surface area contributed by atoms with Crippen molar-refractivity contribution in [1.29, 1.82) is 5.26 Å². The van der Waals surface area contributed by atoms with E-state index in [0.717, 1.165) is 55.7 Å². The molecule has 3 saturated carbocycles.